The summed E-state index contributed by atoms with van der Waals surface area (Å²) in [6.07, 6.45) is 0.583. The Kier molecular flexibility index (Phi) is 13.6. The van der Waals surface area contributed by atoms with Crippen LogP contribution in [0.3, 0.4) is 0 Å². The third-order valence-electron chi connectivity index (χ3n) is 9.80. The molecule has 2 heterocycles. The zero-order chi connectivity index (χ0) is 42.1. The number of hydrogen-bond acceptors (Lipinski definition) is 11. The maximum absolute atomic E-state index is 14.3. The fourth-order valence-electron chi connectivity index (χ4n) is 6.66. The van der Waals surface area contributed by atoms with Gasteiger partial charge in [0.1, 0.15) is 36.8 Å². The minimum absolute atomic E-state index is 0.0618. The Bertz CT molecular complexity index is 2350. The number of aromatic nitrogens is 2. The quantitative estimate of drug-likeness (QED) is 0.0941. The first-order valence-electron chi connectivity index (χ1n) is 19.0. The Labute approximate surface area is 341 Å². The van der Waals surface area contributed by atoms with Gasteiger partial charge in [0.05, 0.1) is 20.4 Å². The van der Waals surface area contributed by atoms with Crippen LogP contribution in [-0.4, -0.2) is 92.5 Å². The molecule has 5 aromatic rings. The third-order valence-corrected chi connectivity index (χ3v) is 9.80. The molecule has 2 radical (unpaired) electrons. The summed E-state index contributed by atoms with van der Waals surface area (Å²) < 4.78 is 16.9. The van der Waals surface area contributed by atoms with Gasteiger partial charge in [-0.15, -0.1) is 0 Å². The molecule has 1 aliphatic rings. The fraction of sp³-hybridized carbons (Fsp3) is 0.286. The number of rotatable bonds is 13. The van der Waals surface area contributed by atoms with Gasteiger partial charge >= 0.3 is 5.76 Å². The summed E-state index contributed by atoms with van der Waals surface area (Å²) in [6.45, 7) is 1.83. The van der Waals surface area contributed by atoms with E-state index in [2.05, 4.69) is 26.1 Å². The van der Waals surface area contributed by atoms with Crippen LogP contribution in [0.5, 0.6) is 11.5 Å². The standard InChI is InChI=1S/C42H45BN8O8/c1-24-39(53)48-33(38-49-42(56)59-50-38)20-26-5-13-34(57-17-15-44)31(19-26)32-21-30(12-14-35(32)58-18-16-45)37(41(55)47-24)51(2)36(52)23-46-40(54)29-10-8-28(9-11-29)27-6-3-25(22-43)4-7-27/h3-14,19,21,24,33,37H,15-18,20,22-23,44-45H2,1-2H3,(H,46,54)(H,47,55)(H,48,53)(H,49,50,56)/t24-,33?,37?/m0/s1. The number of hydrogen-bond donors (Lipinski definition) is 6. The van der Waals surface area contributed by atoms with E-state index in [0.29, 0.717) is 45.6 Å². The Hall–Kier alpha value is -6.72. The maximum Gasteiger partial charge on any atom is 0.438 e. The van der Waals surface area contributed by atoms with Gasteiger partial charge in [-0.25, -0.2) is 4.79 Å². The van der Waals surface area contributed by atoms with E-state index < -0.39 is 54.1 Å². The monoisotopic (exact) mass is 800 g/mol. The van der Waals surface area contributed by atoms with E-state index in [-0.39, 0.29) is 38.5 Å². The van der Waals surface area contributed by atoms with E-state index in [4.69, 9.17) is 33.3 Å². The average molecular weight is 801 g/mol. The van der Waals surface area contributed by atoms with Gasteiger partial charge in [-0.1, -0.05) is 65.6 Å². The molecular weight excluding hydrogens is 755 g/mol. The molecule has 4 amide bonds. The summed E-state index contributed by atoms with van der Waals surface area (Å²) in [5, 5.41) is 12.0. The topological polar surface area (TPSA) is 237 Å². The van der Waals surface area contributed by atoms with Crippen molar-refractivity contribution in [1.29, 1.82) is 0 Å². The highest BCUT2D eigenvalue weighted by atomic mass is 16.5. The van der Waals surface area contributed by atoms with Crippen LogP contribution in [-0.2, 0) is 27.1 Å². The zero-order valence-electron chi connectivity index (χ0n) is 32.7. The summed E-state index contributed by atoms with van der Waals surface area (Å²) in [6, 6.07) is 21.8. The van der Waals surface area contributed by atoms with Crippen LogP contribution in [0.2, 0.25) is 0 Å². The number of likely N-dealkylation sites (N-methyl/N-ethyl adjacent to an activating group) is 1. The van der Waals surface area contributed by atoms with E-state index in [1.165, 1.54) is 18.9 Å². The molecule has 304 valence electrons. The molecule has 1 aliphatic heterocycles. The van der Waals surface area contributed by atoms with Crippen molar-refractivity contribution in [1.82, 2.24) is 31.0 Å². The second-order valence-electron chi connectivity index (χ2n) is 13.9. The van der Waals surface area contributed by atoms with E-state index in [9.17, 15) is 24.0 Å². The molecule has 4 bridgehead atoms. The second-order valence-corrected chi connectivity index (χ2v) is 13.9. The van der Waals surface area contributed by atoms with Crippen molar-refractivity contribution in [3.63, 3.8) is 0 Å². The van der Waals surface area contributed by atoms with Crippen LogP contribution < -0.4 is 42.6 Å². The minimum atomic E-state index is -1.30. The first-order valence-corrected chi connectivity index (χ1v) is 19.0. The Morgan fingerprint density at radius 3 is 2.10 bits per heavy atom. The van der Waals surface area contributed by atoms with Crippen molar-refractivity contribution in [3.8, 4) is 33.8 Å². The lowest BCUT2D eigenvalue weighted by Crippen LogP contribution is -2.51. The molecule has 0 fully saturated rings. The number of aromatic amines is 1. The molecule has 8 N–H and O–H groups in total. The Morgan fingerprint density at radius 2 is 1.49 bits per heavy atom. The van der Waals surface area contributed by atoms with Crippen LogP contribution >= 0.6 is 0 Å². The summed E-state index contributed by atoms with van der Waals surface area (Å²) >= 11 is 0. The van der Waals surface area contributed by atoms with Crippen LogP contribution in [0.25, 0.3) is 22.3 Å². The number of carbonyl (C=O) groups excluding carboxylic acids is 4. The van der Waals surface area contributed by atoms with Gasteiger partial charge in [0.25, 0.3) is 5.91 Å². The van der Waals surface area contributed by atoms with Crippen LogP contribution in [0.4, 0.5) is 0 Å². The van der Waals surface area contributed by atoms with Crippen molar-refractivity contribution in [2.75, 3.05) is 39.9 Å². The van der Waals surface area contributed by atoms with Gasteiger partial charge in [0, 0.05) is 43.2 Å². The molecule has 2 unspecified atom stereocenters. The van der Waals surface area contributed by atoms with Crippen molar-refractivity contribution < 1.29 is 33.2 Å². The van der Waals surface area contributed by atoms with Crippen molar-refractivity contribution in [2.45, 2.75) is 37.8 Å². The van der Waals surface area contributed by atoms with E-state index in [0.717, 1.165) is 16.7 Å². The molecule has 6 rings (SSSR count). The third kappa shape index (κ3) is 10.1. The number of fused-ring (bicyclic) bond motifs is 5. The van der Waals surface area contributed by atoms with Gasteiger partial charge in [0.2, 0.25) is 17.7 Å². The molecule has 4 aromatic carbocycles. The molecule has 0 saturated carbocycles. The molecular formula is C42H45BN8O8. The number of ether oxygens (including phenoxy) is 2. The predicted molar refractivity (Wildman–Crippen MR) is 219 cm³/mol. The average Bonchev–Trinajstić information content (AvgIpc) is 3.69. The summed E-state index contributed by atoms with van der Waals surface area (Å²) in [5.41, 5.74) is 16.9. The predicted octanol–water partition coefficient (Wildman–Crippen LogP) is 1.89. The highest BCUT2D eigenvalue weighted by Crippen LogP contribution is 2.40. The van der Waals surface area contributed by atoms with Crippen LogP contribution in [0.15, 0.2) is 94.2 Å². The largest absolute Gasteiger partial charge is 0.492 e. The maximum atomic E-state index is 14.3. The first kappa shape index (κ1) is 41.9. The number of nitrogens with zero attached hydrogens (tertiary/aromatic N) is 2. The second kappa shape index (κ2) is 19.2. The summed E-state index contributed by atoms with van der Waals surface area (Å²) in [5.74, 6) is -2.27. The van der Waals surface area contributed by atoms with Gasteiger partial charge in [-0.05, 0) is 65.6 Å². The first-order chi connectivity index (χ1) is 28.5. The number of nitrogens with one attached hydrogen (secondary N) is 4. The number of H-pyrrole nitrogens is 1. The highest BCUT2D eigenvalue weighted by Gasteiger charge is 2.33. The lowest BCUT2D eigenvalue weighted by molar-refractivity contribution is -0.139. The number of carbonyl (C=O) groups is 4. The van der Waals surface area contributed by atoms with Crippen molar-refractivity contribution in [2.24, 2.45) is 11.5 Å². The van der Waals surface area contributed by atoms with Crippen LogP contribution in [0, 0.1) is 0 Å². The normalized spacial score (nSPS) is 16.6. The Morgan fingerprint density at radius 1 is 0.864 bits per heavy atom. The van der Waals surface area contributed by atoms with Gasteiger partial charge < -0.3 is 41.8 Å². The highest BCUT2D eigenvalue weighted by molar-refractivity contribution is 6.08. The fourth-order valence-corrected chi connectivity index (χ4v) is 6.66. The molecule has 1 aromatic heterocycles. The molecule has 0 spiro atoms. The number of amides is 4. The Balaban J connectivity index is 1.33. The lowest BCUT2D eigenvalue weighted by atomic mass is 9.93. The summed E-state index contributed by atoms with van der Waals surface area (Å²) in [4.78, 5) is 70.7. The van der Waals surface area contributed by atoms with Crippen LogP contribution in [0.1, 0.15) is 51.9 Å². The number of nitrogens with two attached hydrogens (primary N) is 2. The molecule has 3 atom stereocenters. The molecule has 0 aliphatic carbocycles. The zero-order valence-corrected chi connectivity index (χ0v) is 32.7. The molecule has 0 saturated heterocycles. The van der Waals surface area contributed by atoms with Gasteiger partial charge in [-0.3, -0.25) is 28.7 Å². The minimum Gasteiger partial charge on any atom is -0.492 e. The van der Waals surface area contributed by atoms with Crippen molar-refractivity contribution in [3.05, 3.63) is 124 Å². The van der Waals surface area contributed by atoms with E-state index in [1.54, 1.807) is 42.5 Å². The van der Waals surface area contributed by atoms with Gasteiger partial charge in [0.15, 0.2) is 5.82 Å². The SMILES string of the molecule is [B]Cc1ccc(-c2ccc(C(=O)NCC(=O)N(C)C3C(=O)N[C@@H](C)C(=O)NC(c4noc(=O)[nH]4)Cc4ccc(OCCN)c(c4)-c4cc3ccc4OCCN)cc2)cc1. The van der Waals surface area contributed by atoms with Gasteiger partial charge in [-0.2, -0.15) is 0 Å². The smallest absolute Gasteiger partial charge is 0.438 e. The van der Waals surface area contributed by atoms with E-state index >= 15 is 0 Å². The summed E-state index contributed by atoms with van der Waals surface area (Å²) in [7, 11) is 7.15. The van der Waals surface area contributed by atoms with E-state index in [1.807, 2.05) is 42.5 Å². The molecule has 16 nitrogen and oxygen atoms in total. The number of benzene rings is 4. The lowest BCUT2D eigenvalue weighted by Gasteiger charge is -2.30. The van der Waals surface area contributed by atoms with Crippen molar-refractivity contribution >= 4 is 31.5 Å². The molecule has 59 heavy (non-hydrogen) atoms. The molecule has 17 heteroatoms.